The average Bonchev–Trinajstić information content (AvgIpc) is 2.29. The number of amides is 1. The van der Waals surface area contributed by atoms with Crippen LogP contribution < -0.4 is 5.32 Å². The minimum absolute atomic E-state index is 0.0377. The molecular formula is C13H17ClN2O. The Labute approximate surface area is 107 Å². The Morgan fingerprint density at radius 2 is 2.06 bits per heavy atom. The molecule has 0 aliphatic heterocycles. The molecule has 0 unspecified atom stereocenters. The number of hydrogen-bond donors (Lipinski definition) is 1. The van der Waals surface area contributed by atoms with Crippen LogP contribution in [0.15, 0.2) is 12.1 Å². The number of pyridine rings is 1. The Hall–Kier alpha value is -1.09. The number of aryl methyl sites for hydroxylation is 1. The van der Waals surface area contributed by atoms with Crippen LogP contribution in [0.5, 0.6) is 0 Å². The second-order valence-electron chi connectivity index (χ2n) is 4.63. The summed E-state index contributed by atoms with van der Waals surface area (Å²) in [4.78, 5) is 16.1. The van der Waals surface area contributed by atoms with Crippen molar-refractivity contribution >= 4 is 17.5 Å². The fourth-order valence-electron chi connectivity index (χ4n) is 2.27. The van der Waals surface area contributed by atoms with Crippen LogP contribution in [0.1, 0.15) is 48.2 Å². The second-order valence-corrected chi connectivity index (χ2v) is 5.02. The van der Waals surface area contributed by atoms with E-state index >= 15 is 0 Å². The molecule has 2 rings (SSSR count). The van der Waals surface area contributed by atoms with E-state index in [0.717, 1.165) is 18.5 Å². The van der Waals surface area contributed by atoms with Crippen LogP contribution in [0.4, 0.5) is 0 Å². The van der Waals surface area contributed by atoms with E-state index in [4.69, 9.17) is 11.6 Å². The Morgan fingerprint density at radius 3 is 2.71 bits per heavy atom. The third-order valence-electron chi connectivity index (χ3n) is 3.12. The quantitative estimate of drug-likeness (QED) is 0.822. The van der Waals surface area contributed by atoms with Crippen molar-refractivity contribution in [3.63, 3.8) is 0 Å². The molecule has 1 aliphatic rings. The zero-order chi connectivity index (χ0) is 12.3. The lowest BCUT2D eigenvalue weighted by Gasteiger charge is -2.22. The van der Waals surface area contributed by atoms with Gasteiger partial charge < -0.3 is 5.32 Å². The van der Waals surface area contributed by atoms with Gasteiger partial charge in [-0.15, -0.1) is 0 Å². The van der Waals surface area contributed by atoms with E-state index in [0.29, 0.717) is 16.8 Å². The highest BCUT2D eigenvalue weighted by Crippen LogP contribution is 2.18. The third kappa shape index (κ3) is 3.43. The standard InChI is InChI=1S/C13H17ClN2O/c1-9-7-10(8-12(14)15-9)13(17)16-11-5-3-2-4-6-11/h7-8,11H,2-6H2,1H3,(H,16,17). The highest BCUT2D eigenvalue weighted by atomic mass is 35.5. The number of halogens is 1. The largest absolute Gasteiger partial charge is 0.349 e. The number of nitrogens with one attached hydrogen (secondary N) is 1. The monoisotopic (exact) mass is 252 g/mol. The minimum atomic E-state index is -0.0377. The number of aromatic nitrogens is 1. The summed E-state index contributed by atoms with van der Waals surface area (Å²) in [5.41, 5.74) is 1.37. The number of rotatable bonds is 2. The average molecular weight is 253 g/mol. The number of carbonyl (C=O) groups is 1. The molecule has 0 spiro atoms. The van der Waals surface area contributed by atoms with Gasteiger partial charge in [-0.05, 0) is 31.9 Å². The molecule has 0 atom stereocenters. The van der Waals surface area contributed by atoms with Gasteiger partial charge in [0.25, 0.3) is 5.91 Å². The zero-order valence-electron chi connectivity index (χ0n) is 10.0. The molecule has 1 amide bonds. The van der Waals surface area contributed by atoms with Gasteiger partial charge in [-0.25, -0.2) is 4.98 Å². The number of hydrogen-bond acceptors (Lipinski definition) is 2. The van der Waals surface area contributed by atoms with Crippen LogP contribution in [-0.2, 0) is 0 Å². The van der Waals surface area contributed by atoms with Crippen LogP contribution in [0.3, 0.4) is 0 Å². The maximum absolute atomic E-state index is 12.0. The van der Waals surface area contributed by atoms with Crippen molar-refractivity contribution in [3.8, 4) is 0 Å². The summed E-state index contributed by atoms with van der Waals surface area (Å²) >= 11 is 5.85. The van der Waals surface area contributed by atoms with Gasteiger partial charge in [0.2, 0.25) is 0 Å². The maximum atomic E-state index is 12.0. The smallest absolute Gasteiger partial charge is 0.251 e. The second kappa shape index (κ2) is 5.50. The Bertz CT molecular complexity index is 394. The van der Waals surface area contributed by atoms with Gasteiger partial charge >= 0.3 is 0 Å². The molecule has 3 nitrogen and oxygen atoms in total. The molecule has 0 bridgehead atoms. The molecule has 1 aromatic rings. The fourth-order valence-corrected chi connectivity index (χ4v) is 2.53. The van der Waals surface area contributed by atoms with E-state index < -0.39 is 0 Å². The zero-order valence-corrected chi connectivity index (χ0v) is 10.8. The molecule has 0 radical (unpaired) electrons. The molecule has 1 aliphatic carbocycles. The molecule has 4 heteroatoms. The lowest BCUT2D eigenvalue weighted by molar-refractivity contribution is 0.0927. The molecule has 92 valence electrons. The van der Waals surface area contributed by atoms with E-state index in [2.05, 4.69) is 10.3 Å². The van der Waals surface area contributed by atoms with Gasteiger partial charge in [0.1, 0.15) is 5.15 Å². The lowest BCUT2D eigenvalue weighted by Crippen LogP contribution is -2.36. The normalized spacial score (nSPS) is 16.8. The van der Waals surface area contributed by atoms with Gasteiger partial charge in [0.15, 0.2) is 0 Å². The van der Waals surface area contributed by atoms with Crippen molar-refractivity contribution < 1.29 is 4.79 Å². The van der Waals surface area contributed by atoms with Crippen molar-refractivity contribution in [1.29, 1.82) is 0 Å². The van der Waals surface area contributed by atoms with Crippen LogP contribution in [0, 0.1) is 6.92 Å². The van der Waals surface area contributed by atoms with E-state index in [1.807, 2.05) is 6.92 Å². The predicted octanol–water partition coefficient (Wildman–Crippen LogP) is 3.11. The summed E-state index contributed by atoms with van der Waals surface area (Å²) in [5, 5.41) is 3.44. The molecule has 1 heterocycles. The first kappa shape index (κ1) is 12.4. The van der Waals surface area contributed by atoms with Gasteiger partial charge in [0, 0.05) is 17.3 Å². The van der Waals surface area contributed by atoms with E-state index in [9.17, 15) is 4.79 Å². The Balaban J connectivity index is 2.03. The summed E-state index contributed by atoms with van der Waals surface area (Å²) in [5.74, 6) is -0.0377. The SMILES string of the molecule is Cc1cc(C(=O)NC2CCCCC2)cc(Cl)n1. The van der Waals surface area contributed by atoms with Crippen molar-refractivity contribution in [3.05, 3.63) is 28.5 Å². The Kier molecular flexibility index (Phi) is 4.00. The minimum Gasteiger partial charge on any atom is -0.349 e. The first-order valence-corrected chi connectivity index (χ1v) is 6.48. The molecular weight excluding hydrogens is 236 g/mol. The van der Waals surface area contributed by atoms with Crippen molar-refractivity contribution in [1.82, 2.24) is 10.3 Å². The Morgan fingerprint density at radius 1 is 1.35 bits per heavy atom. The van der Waals surface area contributed by atoms with Gasteiger partial charge in [-0.1, -0.05) is 30.9 Å². The van der Waals surface area contributed by atoms with Crippen LogP contribution in [0.25, 0.3) is 0 Å². The molecule has 1 saturated carbocycles. The predicted molar refractivity (Wildman–Crippen MR) is 68.3 cm³/mol. The van der Waals surface area contributed by atoms with Crippen LogP contribution >= 0.6 is 11.6 Å². The van der Waals surface area contributed by atoms with E-state index in [1.54, 1.807) is 12.1 Å². The van der Waals surface area contributed by atoms with Crippen LogP contribution in [-0.4, -0.2) is 16.9 Å². The summed E-state index contributed by atoms with van der Waals surface area (Å²) in [7, 11) is 0. The third-order valence-corrected chi connectivity index (χ3v) is 3.32. The topological polar surface area (TPSA) is 42.0 Å². The summed E-state index contributed by atoms with van der Waals surface area (Å²) in [6.07, 6.45) is 5.88. The highest BCUT2D eigenvalue weighted by Gasteiger charge is 2.17. The highest BCUT2D eigenvalue weighted by molar-refractivity contribution is 6.29. The summed E-state index contributed by atoms with van der Waals surface area (Å²) < 4.78 is 0. The first-order chi connectivity index (χ1) is 8.15. The number of nitrogens with zero attached hydrogens (tertiary/aromatic N) is 1. The van der Waals surface area contributed by atoms with Crippen molar-refractivity contribution in [2.75, 3.05) is 0 Å². The molecule has 17 heavy (non-hydrogen) atoms. The van der Waals surface area contributed by atoms with Gasteiger partial charge in [-0.3, -0.25) is 4.79 Å². The maximum Gasteiger partial charge on any atom is 0.251 e. The molecule has 0 aromatic carbocycles. The van der Waals surface area contributed by atoms with E-state index in [-0.39, 0.29) is 5.91 Å². The molecule has 1 N–H and O–H groups in total. The van der Waals surface area contributed by atoms with E-state index in [1.165, 1.54) is 19.3 Å². The summed E-state index contributed by atoms with van der Waals surface area (Å²) in [6, 6.07) is 3.71. The first-order valence-electron chi connectivity index (χ1n) is 6.10. The van der Waals surface area contributed by atoms with Gasteiger partial charge in [-0.2, -0.15) is 0 Å². The molecule has 1 fully saturated rings. The molecule has 1 aromatic heterocycles. The fraction of sp³-hybridized carbons (Fsp3) is 0.538. The van der Waals surface area contributed by atoms with Crippen LogP contribution in [0.2, 0.25) is 5.15 Å². The lowest BCUT2D eigenvalue weighted by atomic mass is 9.95. The summed E-state index contributed by atoms with van der Waals surface area (Å²) in [6.45, 7) is 1.84. The van der Waals surface area contributed by atoms with Gasteiger partial charge in [0.05, 0.1) is 0 Å². The molecule has 0 saturated heterocycles. The van der Waals surface area contributed by atoms with Crippen molar-refractivity contribution in [2.45, 2.75) is 45.1 Å². The van der Waals surface area contributed by atoms with Crippen molar-refractivity contribution in [2.24, 2.45) is 0 Å². The number of carbonyl (C=O) groups excluding carboxylic acids is 1.